The summed E-state index contributed by atoms with van der Waals surface area (Å²) >= 11 is 0. The van der Waals surface area contributed by atoms with Gasteiger partial charge < -0.3 is 10.4 Å². The van der Waals surface area contributed by atoms with E-state index in [1.165, 1.54) is 29.6 Å². The summed E-state index contributed by atoms with van der Waals surface area (Å²) < 4.78 is 1.26. The fourth-order valence-corrected chi connectivity index (χ4v) is 2.31. The van der Waals surface area contributed by atoms with Crippen molar-refractivity contribution >= 4 is 11.9 Å². The average Bonchev–Trinajstić information content (AvgIpc) is 3.04. The van der Waals surface area contributed by atoms with Crippen molar-refractivity contribution < 1.29 is 14.7 Å². The molecular formula is C18H23N3O3. The van der Waals surface area contributed by atoms with E-state index in [1.807, 2.05) is 19.1 Å². The minimum absolute atomic E-state index is 0.154. The van der Waals surface area contributed by atoms with Gasteiger partial charge in [-0.2, -0.15) is 5.10 Å². The van der Waals surface area contributed by atoms with Crippen molar-refractivity contribution in [3.63, 3.8) is 0 Å². The summed E-state index contributed by atoms with van der Waals surface area (Å²) in [5, 5.41) is 15.8. The fourth-order valence-electron chi connectivity index (χ4n) is 2.31. The number of nitrogens with one attached hydrogen (secondary N) is 1. The first kappa shape index (κ1) is 17.7. The van der Waals surface area contributed by atoms with Crippen molar-refractivity contribution in [3.8, 4) is 0 Å². The third-order valence-corrected chi connectivity index (χ3v) is 4.07. The Bertz CT molecular complexity index is 719. The molecule has 2 N–H and O–H groups in total. The summed E-state index contributed by atoms with van der Waals surface area (Å²) in [6.07, 6.45) is 2.83. The molecule has 128 valence electrons. The van der Waals surface area contributed by atoms with E-state index in [-0.39, 0.29) is 11.9 Å². The number of hydrogen-bond donors (Lipinski definition) is 2. The standard InChI is InChI=1S/C18H23N3O3/c1-11(2)14-5-7-15(8-6-14)12(3)20-17(22)16-9-19-21(10-16)13(4)18(23)24/h5-13H,1-4H3,(H,20,22)(H,23,24). The van der Waals surface area contributed by atoms with Gasteiger partial charge in [-0.15, -0.1) is 0 Å². The lowest BCUT2D eigenvalue weighted by Crippen LogP contribution is -2.26. The van der Waals surface area contributed by atoms with E-state index in [1.54, 1.807) is 0 Å². The largest absolute Gasteiger partial charge is 0.480 e. The van der Waals surface area contributed by atoms with Crippen LogP contribution in [0.1, 0.15) is 67.2 Å². The number of carbonyl (C=O) groups excluding carboxylic acids is 1. The summed E-state index contributed by atoms with van der Waals surface area (Å²) in [6.45, 7) is 7.69. The van der Waals surface area contributed by atoms with E-state index in [9.17, 15) is 9.59 Å². The molecule has 6 heteroatoms. The van der Waals surface area contributed by atoms with Crippen molar-refractivity contribution in [1.29, 1.82) is 0 Å². The van der Waals surface area contributed by atoms with E-state index in [0.29, 0.717) is 11.5 Å². The number of benzene rings is 1. The molecule has 0 aliphatic rings. The smallest absolute Gasteiger partial charge is 0.328 e. The second-order valence-corrected chi connectivity index (χ2v) is 6.24. The van der Waals surface area contributed by atoms with Gasteiger partial charge in [-0.25, -0.2) is 4.79 Å². The maximum Gasteiger partial charge on any atom is 0.328 e. The van der Waals surface area contributed by atoms with Gasteiger partial charge in [0.1, 0.15) is 6.04 Å². The van der Waals surface area contributed by atoms with Gasteiger partial charge in [0.25, 0.3) is 5.91 Å². The van der Waals surface area contributed by atoms with E-state index in [0.717, 1.165) is 5.56 Å². The van der Waals surface area contributed by atoms with E-state index in [4.69, 9.17) is 5.11 Å². The molecule has 0 saturated heterocycles. The molecule has 2 aromatic rings. The molecule has 1 amide bonds. The third kappa shape index (κ3) is 4.01. The quantitative estimate of drug-likeness (QED) is 0.852. The molecule has 0 aliphatic heterocycles. The van der Waals surface area contributed by atoms with Gasteiger partial charge in [0, 0.05) is 6.20 Å². The molecule has 0 spiro atoms. The maximum atomic E-state index is 12.3. The minimum Gasteiger partial charge on any atom is -0.480 e. The van der Waals surface area contributed by atoms with Gasteiger partial charge in [0.2, 0.25) is 0 Å². The predicted molar refractivity (Wildman–Crippen MR) is 91.0 cm³/mol. The van der Waals surface area contributed by atoms with Crippen LogP contribution in [-0.4, -0.2) is 26.8 Å². The summed E-state index contributed by atoms with van der Waals surface area (Å²) in [4.78, 5) is 23.3. The molecule has 1 heterocycles. The Morgan fingerprint density at radius 1 is 1.08 bits per heavy atom. The number of aromatic nitrogens is 2. The second-order valence-electron chi connectivity index (χ2n) is 6.24. The number of rotatable bonds is 6. The summed E-state index contributed by atoms with van der Waals surface area (Å²) in [5.74, 6) is -0.811. The Kier molecular flexibility index (Phi) is 5.39. The molecule has 0 radical (unpaired) electrons. The average molecular weight is 329 g/mol. The van der Waals surface area contributed by atoms with Crippen LogP contribution in [0.2, 0.25) is 0 Å². The van der Waals surface area contributed by atoms with Crippen LogP contribution in [0.3, 0.4) is 0 Å². The molecule has 2 atom stereocenters. The number of carboxylic acid groups (broad SMARTS) is 1. The van der Waals surface area contributed by atoms with Crippen molar-refractivity contribution in [1.82, 2.24) is 15.1 Å². The van der Waals surface area contributed by atoms with Gasteiger partial charge in [-0.1, -0.05) is 38.1 Å². The monoisotopic (exact) mass is 329 g/mol. The van der Waals surface area contributed by atoms with Crippen LogP contribution in [0.15, 0.2) is 36.7 Å². The van der Waals surface area contributed by atoms with Crippen molar-refractivity contribution in [3.05, 3.63) is 53.3 Å². The van der Waals surface area contributed by atoms with Crippen LogP contribution in [0.5, 0.6) is 0 Å². The summed E-state index contributed by atoms with van der Waals surface area (Å²) in [7, 11) is 0. The predicted octanol–water partition coefficient (Wildman–Crippen LogP) is 3.14. The van der Waals surface area contributed by atoms with Crippen LogP contribution in [-0.2, 0) is 4.79 Å². The van der Waals surface area contributed by atoms with Gasteiger partial charge in [0.05, 0.1) is 17.8 Å². The minimum atomic E-state index is -0.997. The molecule has 1 aromatic carbocycles. The lowest BCUT2D eigenvalue weighted by Gasteiger charge is -2.15. The van der Waals surface area contributed by atoms with Crippen molar-refractivity contribution in [2.45, 2.75) is 45.7 Å². The highest BCUT2D eigenvalue weighted by molar-refractivity contribution is 5.94. The van der Waals surface area contributed by atoms with Crippen molar-refractivity contribution in [2.24, 2.45) is 0 Å². The number of carboxylic acids is 1. The zero-order valence-electron chi connectivity index (χ0n) is 14.4. The lowest BCUT2D eigenvalue weighted by molar-refractivity contribution is -0.140. The Balaban J connectivity index is 2.04. The molecule has 2 rings (SSSR count). The van der Waals surface area contributed by atoms with Crippen LogP contribution in [0.25, 0.3) is 0 Å². The van der Waals surface area contributed by atoms with Gasteiger partial charge in [-0.05, 0) is 30.9 Å². The van der Waals surface area contributed by atoms with Gasteiger partial charge >= 0.3 is 5.97 Å². The van der Waals surface area contributed by atoms with Gasteiger partial charge in [-0.3, -0.25) is 9.48 Å². The van der Waals surface area contributed by atoms with Crippen LogP contribution < -0.4 is 5.32 Å². The van der Waals surface area contributed by atoms with E-state index in [2.05, 4.69) is 36.4 Å². The summed E-state index contributed by atoms with van der Waals surface area (Å²) in [6, 6.07) is 7.18. The Morgan fingerprint density at radius 3 is 2.21 bits per heavy atom. The molecule has 0 aliphatic carbocycles. The highest BCUT2D eigenvalue weighted by Gasteiger charge is 2.18. The maximum absolute atomic E-state index is 12.3. The first-order valence-corrected chi connectivity index (χ1v) is 7.97. The molecule has 2 unspecified atom stereocenters. The first-order valence-electron chi connectivity index (χ1n) is 7.97. The zero-order chi connectivity index (χ0) is 17.9. The van der Waals surface area contributed by atoms with Crippen LogP contribution in [0.4, 0.5) is 0 Å². The second kappa shape index (κ2) is 7.29. The number of carbonyl (C=O) groups is 2. The normalized spacial score (nSPS) is 13.5. The SMILES string of the molecule is CC(C)c1ccc(C(C)NC(=O)c2cnn(C(C)C(=O)O)c2)cc1. The fraction of sp³-hybridized carbons (Fsp3) is 0.389. The lowest BCUT2D eigenvalue weighted by atomic mass is 9.99. The number of amides is 1. The molecule has 1 aromatic heterocycles. The summed E-state index contributed by atoms with van der Waals surface area (Å²) in [5.41, 5.74) is 2.61. The third-order valence-electron chi connectivity index (χ3n) is 4.07. The highest BCUT2D eigenvalue weighted by Crippen LogP contribution is 2.19. The first-order chi connectivity index (χ1) is 11.3. The topological polar surface area (TPSA) is 84.2 Å². The Labute approximate surface area is 141 Å². The molecule has 0 fully saturated rings. The van der Waals surface area contributed by atoms with E-state index >= 15 is 0 Å². The molecule has 0 saturated carbocycles. The van der Waals surface area contributed by atoms with Gasteiger partial charge in [0.15, 0.2) is 0 Å². The molecule has 0 bridgehead atoms. The van der Waals surface area contributed by atoms with Crippen molar-refractivity contribution in [2.75, 3.05) is 0 Å². The molecule has 6 nitrogen and oxygen atoms in total. The Morgan fingerprint density at radius 2 is 1.67 bits per heavy atom. The zero-order valence-corrected chi connectivity index (χ0v) is 14.4. The molecular weight excluding hydrogens is 306 g/mol. The highest BCUT2D eigenvalue weighted by atomic mass is 16.4. The number of nitrogens with zero attached hydrogens (tertiary/aromatic N) is 2. The van der Waals surface area contributed by atoms with Crippen LogP contribution in [0, 0.1) is 0 Å². The number of hydrogen-bond acceptors (Lipinski definition) is 3. The Hall–Kier alpha value is -2.63. The van der Waals surface area contributed by atoms with Crippen LogP contribution >= 0.6 is 0 Å². The number of aliphatic carboxylic acids is 1. The molecule has 24 heavy (non-hydrogen) atoms. The van der Waals surface area contributed by atoms with E-state index < -0.39 is 12.0 Å².